The first kappa shape index (κ1) is 13.5. The molecule has 1 aromatic carbocycles. The van der Waals surface area contributed by atoms with Crippen molar-refractivity contribution in [1.82, 2.24) is 10.4 Å². The van der Waals surface area contributed by atoms with Crippen LogP contribution in [0.5, 0.6) is 5.75 Å². The number of benzene rings is 1. The highest BCUT2D eigenvalue weighted by Crippen LogP contribution is 2.27. The summed E-state index contributed by atoms with van der Waals surface area (Å²) in [5, 5.41) is 0. The maximum Gasteiger partial charge on any atom is 0.146 e. The Morgan fingerprint density at radius 1 is 1.37 bits per heavy atom. The molecule has 0 saturated heterocycles. The number of aryl methyl sites for hydroxylation is 1. The Morgan fingerprint density at radius 3 is 2.74 bits per heavy atom. The highest BCUT2D eigenvalue weighted by atomic mass is 19.1. The van der Waals surface area contributed by atoms with Crippen molar-refractivity contribution < 1.29 is 9.13 Å². The number of nitrogens with zero attached hydrogens (tertiary/aromatic N) is 1. The van der Waals surface area contributed by atoms with Crippen LogP contribution in [0.2, 0.25) is 0 Å². The SMILES string of the molecule is COc1ccc(C(NN)c2ncccc2F)c(C)c1. The first-order valence-corrected chi connectivity index (χ1v) is 5.88. The summed E-state index contributed by atoms with van der Waals surface area (Å²) in [5.74, 6) is 5.92. The normalized spacial score (nSPS) is 12.2. The standard InChI is InChI=1S/C14H16FN3O/c1-9-8-10(19-2)5-6-11(9)13(18-16)14-12(15)4-3-7-17-14/h3-8,13,18H,16H2,1-2H3. The van der Waals surface area contributed by atoms with Gasteiger partial charge in [0.2, 0.25) is 0 Å². The molecule has 4 nitrogen and oxygen atoms in total. The van der Waals surface area contributed by atoms with E-state index in [2.05, 4.69) is 10.4 Å². The van der Waals surface area contributed by atoms with Crippen molar-refractivity contribution >= 4 is 0 Å². The predicted octanol–water partition coefficient (Wildman–Crippen LogP) is 2.09. The molecule has 1 heterocycles. The Balaban J connectivity index is 2.46. The molecular weight excluding hydrogens is 245 g/mol. The number of nitrogens with one attached hydrogen (secondary N) is 1. The van der Waals surface area contributed by atoms with Gasteiger partial charge in [0.1, 0.15) is 11.6 Å². The smallest absolute Gasteiger partial charge is 0.146 e. The van der Waals surface area contributed by atoms with Crippen LogP contribution in [-0.4, -0.2) is 12.1 Å². The summed E-state index contributed by atoms with van der Waals surface area (Å²) in [4.78, 5) is 4.06. The average molecular weight is 261 g/mol. The Labute approximate surface area is 111 Å². The van der Waals surface area contributed by atoms with E-state index in [1.165, 1.54) is 6.07 Å². The Kier molecular flexibility index (Phi) is 4.09. The third kappa shape index (κ3) is 2.72. The molecule has 0 fully saturated rings. The molecule has 2 rings (SSSR count). The number of rotatable bonds is 4. The van der Waals surface area contributed by atoms with E-state index in [0.717, 1.165) is 16.9 Å². The fourth-order valence-corrected chi connectivity index (χ4v) is 2.03. The maximum absolute atomic E-state index is 13.8. The van der Waals surface area contributed by atoms with Crippen LogP contribution < -0.4 is 16.0 Å². The number of pyridine rings is 1. The van der Waals surface area contributed by atoms with Gasteiger partial charge in [-0.1, -0.05) is 6.07 Å². The summed E-state index contributed by atoms with van der Waals surface area (Å²) in [6.45, 7) is 1.92. The van der Waals surface area contributed by atoms with E-state index in [-0.39, 0.29) is 11.5 Å². The van der Waals surface area contributed by atoms with Crippen LogP contribution in [0.1, 0.15) is 22.9 Å². The highest BCUT2D eigenvalue weighted by Gasteiger charge is 2.19. The lowest BCUT2D eigenvalue weighted by atomic mass is 9.98. The van der Waals surface area contributed by atoms with Gasteiger partial charge in [-0.25, -0.2) is 9.82 Å². The summed E-state index contributed by atoms with van der Waals surface area (Å²) in [6, 6.07) is 7.96. The minimum Gasteiger partial charge on any atom is -0.497 e. The van der Waals surface area contributed by atoms with Crippen molar-refractivity contribution in [2.45, 2.75) is 13.0 Å². The van der Waals surface area contributed by atoms with Crippen molar-refractivity contribution in [2.24, 2.45) is 5.84 Å². The summed E-state index contributed by atoms with van der Waals surface area (Å²) in [6.07, 6.45) is 1.54. The van der Waals surface area contributed by atoms with Crippen LogP contribution in [-0.2, 0) is 0 Å². The van der Waals surface area contributed by atoms with Crippen LogP contribution in [0.3, 0.4) is 0 Å². The minimum atomic E-state index is -0.493. The molecule has 5 heteroatoms. The van der Waals surface area contributed by atoms with E-state index in [4.69, 9.17) is 10.6 Å². The lowest BCUT2D eigenvalue weighted by molar-refractivity contribution is 0.414. The van der Waals surface area contributed by atoms with E-state index in [0.29, 0.717) is 0 Å². The van der Waals surface area contributed by atoms with Gasteiger partial charge in [0, 0.05) is 6.20 Å². The quantitative estimate of drug-likeness (QED) is 0.653. The lowest BCUT2D eigenvalue weighted by Gasteiger charge is -2.19. The third-order valence-electron chi connectivity index (χ3n) is 3.02. The van der Waals surface area contributed by atoms with Gasteiger partial charge in [-0.3, -0.25) is 10.8 Å². The molecule has 1 aromatic heterocycles. The largest absolute Gasteiger partial charge is 0.497 e. The van der Waals surface area contributed by atoms with Crippen molar-refractivity contribution in [3.8, 4) is 5.75 Å². The molecule has 1 atom stereocenters. The number of hydrogen-bond donors (Lipinski definition) is 2. The van der Waals surface area contributed by atoms with Crippen molar-refractivity contribution in [3.05, 3.63) is 59.2 Å². The number of hydrazine groups is 1. The summed E-state index contributed by atoms with van der Waals surface area (Å²) >= 11 is 0. The van der Waals surface area contributed by atoms with Gasteiger partial charge in [0.15, 0.2) is 0 Å². The van der Waals surface area contributed by atoms with Crippen LogP contribution in [0.25, 0.3) is 0 Å². The van der Waals surface area contributed by atoms with Gasteiger partial charge < -0.3 is 4.74 Å². The third-order valence-corrected chi connectivity index (χ3v) is 3.02. The number of ether oxygens (including phenoxy) is 1. The van der Waals surface area contributed by atoms with Crippen molar-refractivity contribution in [1.29, 1.82) is 0 Å². The predicted molar refractivity (Wildman–Crippen MR) is 71.1 cm³/mol. The lowest BCUT2D eigenvalue weighted by Crippen LogP contribution is -2.30. The zero-order chi connectivity index (χ0) is 13.8. The number of nitrogens with two attached hydrogens (primary N) is 1. The highest BCUT2D eigenvalue weighted by molar-refractivity contribution is 5.39. The molecule has 100 valence electrons. The summed E-state index contributed by atoms with van der Waals surface area (Å²) in [7, 11) is 1.60. The second-order valence-corrected chi connectivity index (χ2v) is 4.19. The number of aromatic nitrogens is 1. The molecule has 19 heavy (non-hydrogen) atoms. The maximum atomic E-state index is 13.8. The molecule has 0 aliphatic rings. The molecular formula is C14H16FN3O. The van der Waals surface area contributed by atoms with E-state index in [1.807, 2.05) is 25.1 Å². The number of hydrogen-bond acceptors (Lipinski definition) is 4. The van der Waals surface area contributed by atoms with E-state index in [9.17, 15) is 4.39 Å². The second-order valence-electron chi connectivity index (χ2n) is 4.19. The second kappa shape index (κ2) is 5.77. The van der Waals surface area contributed by atoms with Gasteiger partial charge in [-0.2, -0.15) is 0 Å². The van der Waals surface area contributed by atoms with E-state index >= 15 is 0 Å². The number of halogens is 1. The van der Waals surface area contributed by atoms with Gasteiger partial charge in [-0.15, -0.1) is 0 Å². The molecule has 0 bridgehead atoms. The topological polar surface area (TPSA) is 60.2 Å². The molecule has 0 amide bonds. The monoisotopic (exact) mass is 261 g/mol. The van der Waals surface area contributed by atoms with E-state index in [1.54, 1.807) is 19.4 Å². The summed E-state index contributed by atoms with van der Waals surface area (Å²) < 4.78 is 19.0. The zero-order valence-electron chi connectivity index (χ0n) is 10.9. The van der Waals surface area contributed by atoms with Crippen LogP contribution in [0, 0.1) is 12.7 Å². The van der Waals surface area contributed by atoms with Gasteiger partial charge in [-0.05, 0) is 42.3 Å². The Bertz CT molecular complexity index is 574. The average Bonchev–Trinajstić information content (AvgIpc) is 2.43. The van der Waals surface area contributed by atoms with Crippen LogP contribution >= 0.6 is 0 Å². The fraction of sp³-hybridized carbons (Fsp3) is 0.214. The fourth-order valence-electron chi connectivity index (χ4n) is 2.03. The van der Waals surface area contributed by atoms with Crippen LogP contribution in [0.4, 0.5) is 4.39 Å². The molecule has 2 aromatic rings. The minimum absolute atomic E-state index is 0.276. The van der Waals surface area contributed by atoms with E-state index < -0.39 is 6.04 Å². The Morgan fingerprint density at radius 2 is 2.16 bits per heavy atom. The molecule has 0 spiro atoms. The molecule has 0 aliphatic heterocycles. The summed E-state index contributed by atoms with van der Waals surface area (Å²) in [5.41, 5.74) is 4.70. The zero-order valence-corrected chi connectivity index (χ0v) is 10.9. The van der Waals surface area contributed by atoms with Gasteiger partial charge in [0.05, 0.1) is 18.8 Å². The molecule has 0 aliphatic carbocycles. The van der Waals surface area contributed by atoms with Gasteiger partial charge >= 0.3 is 0 Å². The Hall–Kier alpha value is -1.98. The molecule has 3 N–H and O–H groups in total. The molecule has 0 radical (unpaired) electrons. The van der Waals surface area contributed by atoms with Crippen molar-refractivity contribution in [2.75, 3.05) is 7.11 Å². The van der Waals surface area contributed by atoms with Crippen LogP contribution in [0.15, 0.2) is 36.5 Å². The van der Waals surface area contributed by atoms with Crippen molar-refractivity contribution in [3.63, 3.8) is 0 Å². The van der Waals surface area contributed by atoms with Gasteiger partial charge in [0.25, 0.3) is 0 Å². The molecule has 0 saturated carbocycles. The molecule has 1 unspecified atom stereocenters. The first-order chi connectivity index (χ1) is 9.17. The first-order valence-electron chi connectivity index (χ1n) is 5.88. The number of methoxy groups -OCH3 is 1.